The smallest absolute Gasteiger partial charge is 0.239 e. The number of primary sulfonamides is 1. The summed E-state index contributed by atoms with van der Waals surface area (Å²) in [6.07, 6.45) is 2.46. The molecule has 1 fully saturated rings. The summed E-state index contributed by atoms with van der Waals surface area (Å²) < 4.78 is 28.4. The quantitative estimate of drug-likeness (QED) is 0.848. The average Bonchev–Trinajstić information content (AvgIpc) is 2.85. The summed E-state index contributed by atoms with van der Waals surface area (Å²) in [6, 6.07) is 4.81. The van der Waals surface area contributed by atoms with E-state index >= 15 is 0 Å². The Balaban J connectivity index is 2.29. The third-order valence-electron chi connectivity index (χ3n) is 2.04. The van der Waals surface area contributed by atoms with E-state index in [1.165, 1.54) is 6.07 Å². The van der Waals surface area contributed by atoms with E-state index in [4.69, 9.17) is 9.88 Å². The Hall–Kier alpha value is -0.340. The van der Waals surface area contributed by atoms with Gasteiger partial charge in [-0.3, -0.25) is 0 Å². The molecule has 0 radical (unpaired) electrons. The summed E-state index contributed by atoms with van der Waals surface area (Å²) in [5, 5.41) is 5.05. The van der Waals surface area contributed by atoms with Gasteiger partial charge in [-0.25, -0.2) is 13.6 Å². The number of hydrogen-bond donors (Lipinski definition) is 1. The topological polar surface area (TPSA) is 69.4 Å². The second-order valence-corrected chi connectivity index (χ2v) is 6.15. The van der Waals surface area contributed by atoms with Crippen LogP contribution in [-0.2, 0) is 10.0 Å². The van der Waals surface area contributed by atoms with Crippen LogP contribution in [0, 0.1) is 3.57 Å². The fraction of sp³-hybridized carbons (Fsp3) is 0.333. The van der Waals surface area contributed by atoms with Gasteiger partial charge in [-0.05, 0) is 53.6 Å². The van der Waals surface area contributed by atoms with E-state index in [0.29, 0.717) is 15.4 Å². The van der Waals surface area contributed by atoms with Crippen molar-refractivity contribution < 1.29 is 13.2 Å². The van der Waals surface area contributed by atoms with Crippen molar-refractivity contribution in [1.82, 2.24) is 0 Å². The molecule has 2 rings (SSSR count). The third-order valence-corrected chi connectivity index (χ3v) is 4.26. The first-order valence-corrected chi connectivity index (χ1v) is 7.08. The van der Waals surface area contributed by atoms with Crippen molar-refractivity contribution in [3.63, 3.8) is 0 Å². The summed E-state index contributed by atoms with van der Waals surface area (Å²) in [7, 11) is -3.63. The first-order chi connectivity index (χ1) is 6.97. The Morgan fingerprint density at radius 1 is 1.40 bits per heavy atom. The van der Waals surface area contributed by atoms with Gasteiger partial charge in [0, 0.05) is 3.57 Å². The summed E-state index contributed by atoms with van der Waals surface area (Å²) in [5.74, 6) is 0.703. The summed E-state index contributed by atoms with van der Waals surface area (Å²) in [6.45, 7) is 0. The van der Waals surface area contributed by atoms with Crippen molar-refractivity contribution in [2.24, 2.45) is 5.14 Å². The summed E-state index contributed by atoms with van der Waals surface area (Å²) in [4.78, 5) is 0.145. The van der Waals surface area contributed by atoms with Crippen LogP contribution in [0.25, 0.3) is 0 Å². The number of hydrogen-bond acceptors (Lipinski definition) is 3. The molecule has 0 heterocycles. The first kappa shape index (κ1) is 11.2. The van der Waals surface area contributed by atoms with Gasteiger partial charge < -0.3 is 4.74 Å². The molecule has 0 amide bonds. The lowest BCUT2D eigenvalue weighted by atomic mass is 10.3. The number of benzene rings is 1. The van der Waals surface area contributed by atoms with Gasteiger partial charge in [0.1, 0.15) is 5.75 Å². The van der Waals surface area contributed by atoms with Gasteiger partial charge in [-0.1, -0.05) is 0 Å². The average molecular weight is 339 g/mol. The zero-order chi connectivity index (χ0) is 11.1. The van der Waals surface area contributed by atoms with Crippen LogP contribution in [0.3, 0.4) is 0 Å². The minimum absolute atomic E-state index is 0.145. The lowest BCUT2D eigenvalue weighted by molar-refractivity contribution is 0.303. The van der Waals surface area contributed by atoms with Crippen LogP contribution < -0.4 is 9.88 Å². The molecule has 6 heteroatoms. The van der Waals surface area contributed by atoms with Gasteiger partial charge in [0.05, 0.1) is 11.0 Å². The molecule has 1 aromatic rings. The normalized spacial score (nSPS) is 16.4. The minimum atomic E-state index is -3.63. The molecule has 1 aliphatic rings. The molecule has 1 aliphatic carbocycles. The third kappa shape index (κ3) is 2.82. The molecule has 0 aliphatic heterocycles. The van der Waals surface area contributed by atoms with E-state index in [1.54, 1.807) is 12.1 Å². The monoisotopic (exact) mass is 339 g/mol. The number of nitrogens with two attached hydrogens (primary N) is 1. The van der Waals surface area contributed by atoms with Crippen LogP contribution in [-0.4, -0.2) is 14.5 Å². The maximum Gasteiger partial charge on any atom is 0.239 e. The zero-order valence-electron chi connectivity index (χ0n) is 7.81. The lowest BCUT2D eigenvalue weighted by Gasteiger charge is -2.06. The second kappa shape index (κ2) is 3.91. The van der Waals surface area contributed by atoms with E-state index in [1.807, 2.05) is 22.6 Å². The Bertz CT molecular complexity index is 482. The van der Waals surface area contributed by atoms with E-state index in [9.17, 15) is 8.42 Å². The Labute approximate surface area is 102 Å². The van der Waals surface area contributed by atoms with Gasteiger partial charge in [0.15, 0.2) is 0 Å². The fourth-order valence-corrected chi connectivity index (χ4v) is 3.16. The Morgan fingerprint density at radius 3 is 2.53 bits per heavy atom. The van der Waals surface area contributed by atoms with Crippen molar-refractivity contribution in [3.8, 4) is 5.75 Å². The van der Waals surface area contributed by atoms with Crippen LogP contribution >= 0.6 is 22.6 Å². The molecule has 82 valence electrons. The highest BCUT2D eigenvalue weighted by Gasteiger charge is 2.24. The molecule has 1 aromatic carbocycles. The van der Waals surface area contributed by atoms with Gasteiger partial charge in [-0.15, -0.1) is 0 Å². The predicted molar refractivity (Wildman–Crippen MR) is 64.2 cm³/mol. The molecule has 0 atom stereocenters. The highest BCUT2D eigenvalue weighted by molar-refractivity contribution is 14.1. The van der Waals surface area contributed by atoms with Crippen molar-refractivity contribution in [2.75, 3.05) is 0 Å². The molecule has 0 unspecified atom stereocenters. The van der Waals surface area contributed by atoms with Crippen LogP contribution in [0.5, 0.6) is 5.75 Å². The van der Waals surface area contributed by atoms with Gasteiger partial charge in [-0.2, -0.15) is 0 Å². The van der Waals surface area contributed by atoms with Crippen LogP contribution in [0.15, 0.2) is 23.1 Å². The van der Waals surface area contributed by atoms with Crippen molar-refractivity contribution in [3.05, 3.63) is 21.8 Å². The molecule has 2 N–H and O–H groups in total. The molecule has 1 saturated carbocycles. The number of rotatable bonds is 3. The van der Waals surface area contributed by atoms with Gasteiger partial charge in [0.25, 0.3) is 0 Å². The zero-order valence-corrected chi connectivity index (χ0v) is 10.8. The predicted octanol–water partition coefficient (Wildman–Crippen LogP) is 1.48. The number of sulfonamides is 1. The Kier molecular flexibility index (Phi) is 2.91. The van der Waals surface area contributed by atoms with Crippen LogP contribution in [0.2, 0.25) is 0 Å². The molecule has 15 heavy (non-hydrogen) atoms. The largest absolute Gasteiger partial charge is 0.490 e. The van der Waals surface area contributed by atoms with Crippen LogP contribution in [0.1, 0.15) is 12.8 Å². The van der Waals surface area contributed by atoms with Crippen molar-refractivity contribution in [1.29, 1.82) is 0 Å². The number of halogens is 1. The molecule has 0 bridgehead atoms. The molecular formula is C9H10INO3S. The molecule has 0 spiro atoms. The molecule has 0 aromatic heterocycles. The highest BCUT2D eigenvalue weighted by atomic mass is 127. The van der Waals surface area contributed by atoms with Gasteiger partial charge in [0.2, 0.25) is 10.0 Å². The number of ether oxygens (including phenoxy) is 1. The summed E-state index contributed by atoms with van der Waals surface area (Å²) >= 11 is 1.94. The maximum atomic E-state index is 11.1. The van der Waals surface area contributed by atoms with E-state index in [0.717, 1.165) is 12.8 Å². The highest BCUT2D eigenvalue weighted by Crippen LogP contribution is 2.29. The SMILES string of the molecule is NS(=O)(=O)c1ccc(OC2CC2)cc1I. The standard InChI is InChI=1S/C9H10INO3S/c10-8-5-7(14-6-1-2-6)3-4-9(8)15(11,12)13/h3-6H,1-2H2,(H2,11,12,13). The van der Waals surface area contributed by atoms with Crippen molar-refractivity contribution >= 4 is 32.6 Å². The fourth-order valence-electron chi connectivity index (χ4n) is 1.16. The second-order valence-electron chi connectivity index (χ2n) is 3.45. The van der Waals surface area contributed by atoms with Gasteiger partial charge >= 0.3 is 0 Å². The Morgan fingerprint density at radius 2 is 2.07 bits per heavy atom. The molecule has 4 nitrogen and oxygen atoms in total. The maximum absolute atomic E-state index is 11.1. The van der Waals surface area contributed by atoms with Crippen molar-refractivity contribution in [2.45, 2.75) is 23.8 Å². The molecular weight excluding hydrogens is 329 g/mol. The van der Waals surface area contributed by atoms with Crippen LogP contribution in [0.4, 0.5) is 0 Å². The lowest BCUT2D eigenvalue weighted by Crippen LogP contribution is -2.13. The van der Waals surface area contributed by atoms with E-state index in [2.05, 4.69) is 0 Å². The van der Waals surface area contributed by atoms with E-state index in [-0.39, 0.29) is 4.90 Å². The minimum Gasteiger partial charge on any atom is -0.490 e. The first-order valence-electron chi connectivity index (χ1n) is 4.46. The summed E-state index contributed by atoms with van der Waals surface area (Å²) in [5.41, 5.74) is 0. The van der Waals surface area contributed by atoms with E-state index < -0.39 is 10.0 Å². The molecule has 0 saturated heterocycles.